The van der Waals surface area contributed by atoms with E-state index in [0.29, 0.717) is 0 Å². The molecule has 7 amide bonds. The number of hydrogen-bond acceptors (Lipinski definition) is 16. The van der Waals surface area contributed by atoms with Crippen LogP contribution in [0.15, 0.2) is 40.7 Å². The zero-order valence-corrected chi connectivity index (χ0v) is 29.2. The van der Waals surface area contributed by atoms with Crippen LogP contribution < -0.4 is 27.0 Å². The molecule has 4 atom stereocenters. The average Bonchev–Trinajstić information content (AvgIpc) is 3.74. The Morgan fingerprint density at radius 1 is 1.15 bits per heavy atom. The Labute approximate surface area is 305 Å². The standard InChI is InChI=1S/C26H29N11O13S3/c27-14(21(40)41)7-50-26(46)29-13-3-1-11(2-4-13)15(31-24(45)35-6-5-28-23(35)44)18(38)30-16-19(39)37-17(22(42)43)12(8-51-20(16)37)9-52-25-32-33-34-36(25)10-53(47,48)49/h1-4,14-16,20H,5-10,27H2,(H,28,44)(H,29,46)(H,30,38)(H,31,45)(H,40,41)(H,42,43)(H,47,48,49)/t14-,15-,16-,20+/m1/s1. The molecule has 3 aliphatic heterocycles. The maximum Gasteiger partial charge on any atom is 0.411 e. The predicted octanol–water partition coefficient (Wildman–Crippen LogP) is -2.21. The number of carbonyl (C=O) groups is 7. The first-order valence-electron chi connectivity index (χ1n) is 15.0. The van der Waals surface area contributed by atoms with Crippen molar-refractivity contribution >= 4 is 81.2 Å². The van der Waals surface area contributed by atoms with Crippen molar-refractivity contribution in [3.05, 3.63) is 41.1 Å². The van der Waals surface area contributed by atoms with E-state index < -0.39 is 88.0 Å². The van der Waals surface area contributed by atoms with Crippen LogP contribution in [-0.4, -0.2) is 144 Å². The molecule has 0 aliphatic carbocycles. The highest BCUT2D eigenvalue weighted by molar-refractivity contribution is 8.01. The van der Waals surface area contributed by atoms with Crippen LogP contribution in [0.3, 0.4) is 0 Å². The molecule has 5 rings (SSSR count). The van der Waals surface area contributed by atoms with Gasteiger partial charge in [0.15, 0.2) is 5.88 Å². The number of nitrogens with one attached hydrogen (secondary N) is 4. The molecule has 0 unspecified atom stereocenters. The number of aliphatic carboxylic acids is 2. The fourth-order valence-electron chi connectivity index (χ4n) is 5.03. The van der Waals surface area contributed by atoms with Crippen LogP contribution in [0, 0.1) is 0 Å². The number of thioether (sulfide) groups is 2. The van der Waals surface area contributed by atoms with E-state index in [4.69, 9.17) is 20.1 Å². The summed E-state index contributed by atoms with van der Waals surface area (Å²) in [7, 11) is -4.49. The first kappa shape index (κ1) is 38.7. The van der Waals surface area contributed by atoms with Gasteiger partial charge in [0.05, 0.1) is 0 Å². The number of nitrogens with zero attached hydrogens (tertiary/aromatic N) is 6. The number of rotatable bonds is 14. The van der Waals surface area contributed by atoms with Crippen LogP contribution in [0.4, 0.5) is 20.1 Å². The third-order valence-electron chi connectivity index (χ3n) is 7.54. The fourth-order valence-corrected chi connectivity index (χ4v) is 7.96. The van der Waals surface area contributed by atoms with Gasteiger partial charge in [-0.05, 0) is 33.7 Å². The van der Waals surface area contributed by atoms with Gasteiger partial charge in [-0.2, -0.15) is 8.42 Å². The average molecular weight is 800 g/mol. The van der Waals surface area contributed by atoms with Gasteiger partial charge in [0.1, 0.15) is 35.8 Å². The lowest BCUT2D eigenvalue weighted by atomic mass is 10.0. The molecule has 24 nitrogen and oxygen atoms in total. The molecule has 0 saturated carbocycles. The molecule has 0 radical (unpaired) electrons. The normalized spacial score (nSPS) is 19.4. The summed E-state index contributed by atoms with van der Waals surface area (Å²) in [5, 5.41) is 38.3. The van der Waals surface area contributed by atoms with E-state index in [0.717, 1.165) is 38.0 Å². The summed E-state index contributed by atoms with van der Waals surface area (Å²) in [6.45, 7) is -0.437. The first-order chi connectivity index (χ1) is 25.0. The minimum Gasteiger partial charge on any atom is -0.480 e. The molecule has 9 N–H and O–H groups in total. The van der Waals surface area contributed by atoms with Crippen molar-refractivity contribution < 1.29 is 61.5 Å². The van der Waals surface area contributed by atoms with E-state index in [1.165, 1.54) is 24.3 Å². The molecule has 1 aromatic heterocycles. The second kappa shape index (κ2) is 16.0. The number of anilines is 1. The second-order valence-corrected chi connectivity index (χ2v) is 14.6. The number of carboxylic acids is 2. The third kappa shape index (κ3) is 9.11. The van der Waals surface area contributed by atoms with Crippen molar-refractivity contribution in [1.82, 2.24) is 46.0 Å². The Morgan fingerprint density at radius 3 is 2.49 bits per heavy atom. The summed E-state index contributed by atoms with van der Waals surface area (Å²) in [6, 6.07) is -0.466. The Bertz CT molecular complexity index is 1980. The van der Waals surface area contributed by atoms with Gasteiger partial charge in [-0.15, -0.1) is 16.9 Å². The molecule has 2 saturated heterocycles. The van der Waals surface area contributed by atoms with E-state index in [-0.39, 0.29) is 52.3 Å². The number of β-lactam (4-membered cyclic amide) rings is 1. The molecular weight excluding hydrogens is 771 g/mol. The van der Waals surface area contributed by atoms with Gasteiger partial charge >= 0.3 is 30.1 Å². The number of carboxylic acid groups (broad SMARTS) is 2. The fraction of sp³-hybridized carbons (Fsp3) is 0.385. The van der Waals surface area contributed by atoms with Crippen LogP contribution in [0.25, 0.3) is 0 Å². The summed E-state index contributed by atoms with van der Waals surface area (Å²) in [5.41, 5.74) is 5.51. The van der Waals surface area contributed by atoms with Crippen molar-refractivity contribution in [2.45, 2.75) is 34.5 Å². The van der Waals surface area contributed by atoms with Crippen LogP contribution in [0.1, 0.15) is 11.6 Å². The number of ether oxygens (including phenoxy) is 1. The number of tetrazole rings is 1. The van der Waals surface area contributed by atoms with Gasteiger partial charge in [-0.25, -0.2) is 28.8 Å². The number of aromatic nitrogens is 4. The number of hydrogen-bond donors (Lipinski definition) is 8. The molecule has 0 spiro atoms. The Kier molecular flexibility index (Phi) is 11.7. The summed E-state index contributed by atoms with van der Waals surface area (Å²) in [5.74, 6) is -5.45. The van der Waals surface area contributed by atoms with E-state index >= 15 is 0 Å². The number of benzene rings is 1. The van der Waals surface area contributed by atoms with Crippen molar-refractivity contribution in [3.63, 3.8) is 0 Å². The maximum absolute atomic E-state index is 13.7. The van der Waals surface area contributed by atoms with Gasteiger partial charge < -0.3 is 36.6 Å². The molecule has 1 aromatic carbocycles. The van der Waals surface area contributed by atoms with Crippen molar-refractivity contribution in [3.8, 4) is 0 Å². The van der Waals surface area contributed by atoms with E-state index in [2.05, 4.69) is 36.8 Å². The summed E-state index contributed by atoms with van der Waals surface area (Å²) in [4.78, 5) is 89.3. The number of carbonyl (C=O) groups excluding carboxylic acids is 5. The zero-order chi connectivity index (χ0) is 38.6. The predicted molar refractivity (Wildman–Crippen MR) is 178 cm³/mol. The third-order valence-corrected chi connectivity index (χ3v) is 10.5. The molecule has 284 valence electrons. The molecule has 27 heteroatoms. The van der Waals surface area contributed by atoms with Gasteiger partial charge in [-0.1, -0.05) is 23.9 Å². The monoisotopic (exact) mass is 799 g/mol. The quantitative estimate of drug-likeness (QED) is 0.0570. The van der Waals surface area contributed by atoms with Crippen LogP contribution in [0.2, 0.25) is 0 Å². The van der Waals surface area contributed by atoms with Gasteiger partial charge in [0, 0.05) is 30.3 Å². The maximum atomic E-state index is 13.7. The number of nitrogens with two attached hydrogens (primary N) is 1. The lowest BCUT2D eigenvalue weighted by Crippen LogP contribution is -2.71. The molecular formula is C26H29N11O13S3. The van der Waals surface area contributed by atoms with Crippen LogP contribution in [0.5, 0.6) is 0 Å². The van der Waals surface area contributed by atoms with Gasteiger partial charge in [-0.3, -0.25) is 29.2 Å². The highest BCUT2D eigenvalue weighted by Gasteiger charge is 2.54. The minimum atomic E-state index is -4.49. The first-order valence-corrected chi connectivity index (χ1v) is 18.6. The smallest absolute Gasteiger partial charge is 0.411 e. The zero-order valence-electron chi connectivity index (χ0n) is 26.8. The molecule has 0 bridgehead atoms. The molecule has 4 heterocycles. The molecule has 2 aromatic rings. The Hall–Kier alpha value is -5.51. The number of amides is 7. The molecule has 3 aliphatic rings. The second-order valence-electron chi connectivity index (χ2n) is 11.2. The summed E-state index contributed by atoms with van der Waals surface area (Å²) in [6.07, 6.45) is -1.02. The Morgan fingerprint density at radius 2 is 1.87 bits per heavy atom. The number of imide groups is 1. The van der Waals surface area contributed by atoms with Crippen LogP contribution >= 0.6 is 23.5 Å². The number of urea groups is 2. The van der Waals surface area contributed by atoms with Crippen molar-refractivity contribution in [2.75, 3.05) is 36.5 Å². The largest absolute Gasteiger partial charge is 0.480 e. The summed E-state index contributed by atoms with van der Waals surface area (Å²) >= 11 is 1.99. The van der Waals surface area contributed by atoms with E-state index in [1.807, 2.05) is 0 Å². The Balaban J connectivity index is 1.29. The minimum absolute atomic E-state index is 0.00463. The lowest BCUT2D eigenvalue weighted by molar-refractivity contribution is -0.151. The SMILES string of the molecule is N[C@H](COC(=O)Nc1ccc([C@@H](NC(=O)N2CCNC2=O)C(=O)N[C@@H]2C(=O)N3C(C(=O)O)=C(CSc4nnnn4CS(=O)(=O)O)CS[C@@H]23)cc1)C(=O)O. The summed E-state index contributed by atoms with van der Waals surface area (Å²) < 4.78 is 37.2. The van der Waals surface area contributed by atoms with Crippen LogP contribution in [-0.2, 0) is 39.9 Å². The van der Waals surface area contributed by atoms with Crippen molar-refractivity contribution in [1.29, 1.82) is 0 Å². The number of fused-ring (bicyclic) bond motifs is 1. The van der Waals surface area contributed by atoms with Crippen molar-refractivity contribution in [2.24, 2.45) is 5.73 Å². The molecule has 2 fully saturated rings. The molecule has 53 heavy (non-hydrogen) atoms. The topological polar surface area (TPSA) is 348 Å². The lowest BCUT2D eigenvalue weighted by Gasteiger charge is -2.49. The highest BCUT2D eigenvalue weighted by Crippen LogP contribution is 2.41. The van der Waals surface area contributed by atoms with E-state index in [9.17, 15) is 47.1 Å². The van der Waals surface area contributed by atoms with Gasteiger partial charge in [0.2, 0.25) is 11.1 Å². The highest BCUT2D eigenvalue weighted by atomic mass is 32.2. The van der Waals surface area contributed by atoms with Gasteiger partial charge in [0.25, 0.3) is 16.0 Å². The van der Waals surface area contributed by atoms with E-state index in [1.54, 1.807) is 0 Å².